The summed E-state index contributed by atoms with van der Waals surface area (Å²) in [7, 11) is 1.66. The smallest absolute Gasteiger partial charge is 0.157 e. The average Bonchev–Trinajstić information content (AvgIpc) is 3.17. The Labute approximate surface area is 149 Å². The van der Waals surface area contributed by atoms with Crippen LogP contribution >= 0.6 is 0 Å². The average molecular weight is 347 g/mol. The largest absolute Gasteiger partial charge is 0.496 e. The molecule has 3 heterocycles. The number of ether oxygens (including phenoxy) is 2. The van der Waals surface area contributed by atoms with Gasteiger partial charge in [-0.1, -0.05) is 6.07 Å². The van der Waals surface area contributed by atoms with Gasteiger partial charge in [0.2, 0.25) is 0 Å². The normalized spacial score (nSPS) is 13.1. The van der Waals surface area contributed by atoms with Gasteiger partial charge in [-0.15, -0.1) is 0 Å². The fourth-order valence-electron chi connectivity index (χ4n) is 3.33. The second kappa shape index (κ2) is 5.80. The number of methoxy groups -OCH3 is 1. The van der Waals surface area contributed by atoms with Crippen LogP contribution < -0.4 is 20.1 Å². The SMILES string of the molecule is COc1cccc2nc(Nc3ccc4c(c3)NCCO4)c3[nH]ncc3c12. The Kier molecular flexibility index (Phi) is 3.31. The molecule has 0 aliphatic carbocycles. The molecule has 0 unspecified atom stereocenters. The van der Waals surface area contributed by atoms with Crippen LogP contribution in [0, 0.1) is 0 Å². The third kappa shape index (κ3) is 2.28. The van der Waals surface area contributed by atoms with Crippen LogP contribution in [0.4, 0.5) is 17.2 Å². The van der Waals surface area contributed by atoms with Crippen molar-refractivity contribution in [2.45, 2.75) is 0 Å². The maximum Gasteiger partial charge on any atom is 0.157 e. The van der Waals surface area contributed by atoms with Gasteiger partial charge in [0.1, 0.15) is 23.6 Å². The highest BCUT2D eigenvalue weighted by Gasteiger charge is 2.15. The number of aromatic nitrogens is 3. The maximum atomic E-state index is 5.63. The monoisotopic (exact) mass is 347 g/mol. The minimum atomic E-state index is 0.683. The molecule has 0 bridgehead atoms. The van der Waals surface area contributed by atoms with Gasteiger partial charge in [-0.25, -0.2) is 4.98 Å². The Hall–Kier alpha value is -3.48. The molecule has 4 aromatic rings. The second-order valence-corrected chi connectivity index (χ2v) is 6.08. The third-order valence-electron chi connectivity index (χ3n) is 4.52. The van der Waals surface area contributed by atoms with Gasteiger partial charge in [0, 0.05) is 17.6 Å². The van der Waals surface area contributed by atoms with Gasteiger partial charge in [0.25, 0.3) is 0 Å². The summed E-state index contributed by atoms with van der Waals surface area (Å²) in [5.74, 6) is 2.36. The van der Waals surface area contributed by atoms with E-state index in [4.69, 9.17) is 14.5 Å². The third-order valence-corrected chi connectivity index (χ3v) is 4.52. The molecule has 1 aliphatic rings. The van der Waals surface area contributed by atoms with Crippen LogP contribution in [0.3, 0.4) is 0 Å². The topological polar surface area (TPSA) is 84.1 Å². The Morgan fingerprint density at radius 3 is 3.12 bits per heavy atom. The van der Waals surface area contributed by atoms with E-state index in [0.717, 1.165) is 57.0 Å². The lowest BCUT2D eigenvalue weighted by Crippen LogP contribution is -2.17. The van der Waals surface area contributed by atoms with Crippen molar-refractivity contribution in [1.82, 2.24) is 15.2 Å². The van der Waals surface area contributed by atoms with E-state index >= 15 is 0 Å². The number of nitrogens with zero attached hydrogens (tertiary/aromatic N) is 2. The summed E-state index contributed by atoms with van der Waals surface area (Å²) in [6.07, 6.45) is 1.80. The number of pyridine rings is 1. The van der Waals surface area contributed by atoms with E-state index in [1.54, 1.807) is 13.3 Å². The van der Waals surface area contributed by atoms with Crippen LogP contribution in [0.25, 0.3) is 21.8 Å². The summed E-state index contributed by atoms with van der Waals surface area (Å²) < 4.78 is 11.1. The summed E-state index contributed by atoms with van der Waals surface area (Å²) in [6, 6.07) is 11.8. The lowest BCUT2D eigenvalue weighted by Gasteiger charge is -2.20. The van der Waals surface area contributed by atoms with Crippen molar-refractivity contribution in [2.75, 3.05) is 30.9 Å². The number of H-pyrrole nitrogens is 1. The van der Waals surface area contributed by atoms with Crippen molar-refractivity contribution in [1.29, 1.82) is 0 Å². The van der Waals surface area contributed by atoms with E-state index < -0.39 is 0 Å². The van der Waals surface area contributed by atoms with Gasteiger partial charge >= 0.3 is 0 Å². The Balaban J connectivity index is 1.64. The summed E-state index contributed by atoms with van der Waals surface area (Å²) in [6.45, 7) is 1.48. The molecule has 1 aliphatic heterocycles. The Morgan fingerprint density at radius 1 is 1.23 bits per heavy atom. The molecular weight excluding hydrogens is 330 g/mol. The fraction of sp³-hybridized carbons (Fsp3) is 0.158. The molecule has 0 atom stereocenters. The van der Waals surface area contributed by atoms with Crippen LogP contribution in [-0.2, 0) is 0 Å². The first-order valence-corrected chi connectivity index (χ1v) is 8.41. The van der Waals surface area contributed by atoms with Crippen LogP contribution in [0.1, 0.15) is 0 Å². The molecule has 7 heteroatoms. The molecule has 0 spiro atoms. The van der Waals surface area contributed by atoms with E-state index in [-0.39, 0.29) is 0 Å². The van der Waals surface area contributed by atoms with Gasteiger partial charge in [-0.2, -0.15) is 5.10 Å². The molecule has 5 rings (SSSR count). The van der Waals surface area contributed by atoms with Crippen molar-refractivity contribution in [3.8, 4) is 11.5 Å². The van der Waals surface area contributed by atoms with Gasteiger partial charge in [0.05, 0.1) is 29.9 Å². The zero-order valence-corrected chi connectivity index (χ0v) is 14.2. The summed E-state index contributed by atoms with van der Waals surface area (Å²) >= 11 is 0. The number of aromatic amines is 1. The predicted octanol–water partition coefficient (Wildman–Crippen LogP) is 3.67. The molecule has 2 aromatic heterocycles. The van der Waals surface area contributed by atoms with Crippen molar-refractivity contribution in [3.05, 3.63) is 42.6 Å². The molecular formula is C19H17N5O2. The highest BCUT2D eigenvalue weighted by molar-refractivity contribution is 6.11. The Morgan fingerprint density at radius 2 is 2.19 bits per heavy atom. The number of benzene rings is 2. The van der Waals surface area contributed by atoms with Crippen molar-refractivity contribution < 1.29 is 9.47 Å². The van der Waals surface area contributed by atoms with Crippen LogP contribution in [0.5, 0.6) is 11.5 Å². The standard InChI is InChI=1S/C19H17N5O2/c1-25-16-4-2-3-13-17(16)12-10-21-24-18(12)19(23-13)22-11-5-6-15-14(9-11)20-7-8-26-15/h2-6,9-10,20H,7-8H2,1H3,(H,21,24)(H,22,23). The zero-order valence-electron chi connectivity index (χ0n) is 14.2. The van der Waals surface area contributed by atoms with Gasteiger partial charge in [0.15, 0.2) is 5.82 Å². The minimum absolute atomic E-state index is 0.683. The molecule has 0 saturated carbocycles. The number of anilines is 3. The molecule has 0 saturated heterocycles. The molecule has 3 N–H and O–H groups in total. The summed E-state index contributed by atoms with van der Waals surface area (Å²) in [5.41, 5.74) is 3.58. The molecule has 7 nitrogen and oxygen atoms in total. The van der Waals surface area contributed by atoms with Crippen molar-refractivity contribution in [2.24, 2.45) is 0 Å². The quantitative estimate of drug-likeness (QED) is 0.524. The molecule has 130 valence electrons. The predicted molar refractivity (Wildman–Crippen MR) is 102 cm³/mol. The summed E-state index contributed by atoms with van der Waals surface area (Å²) in [5, 5.41) is 15.9. The highest BCUT2D eigenvalue weighted by Crippen LogP contribution is 2.36. The van der Waals surface area contributed by atoms with Gasteiger partial charge < -0.3 is 20.1 Å². The minimum Gasteiger partial charge on any atom is -0.496 e. The number of hydrogen-bond acceptors (Lipinski definition) is 6. The first-order chi connectivity index (χ1) is 12.8. The zero-order chi connectivity index (χ0) is 17.5. The second-order valence-electron chi connectivity index (χ2n) is 6.08. The molecule has 0 fully saturated rings. The first kappa shape index (κ1) is 14.8. The molecule has 26 heavy (non-hydrogen) atoms. The molecule has 2 aromatic carbocycles. The van der Waals surface area contributed by atoms with E-state index in [0.29, 0.717) is 6.61 Å². The molecule has 0 radical (unpaired) electrons. The number of nitrogens with one attached hydrogen (secondary N) is 3. The van der Waals surface area contributed by atoms with Gasteiger partial charge in [-0.3, -0.25) is 5.10 Å². The van der Waals surface area contributed by atoms with E-state index in [1.807, 2.05) is 36.4 Å². The van der Waals surface area contributed by atoms with Crippen LogP contribution in [0.15, 0.2) is 42.6 Å². The van der Waals surface area contributed by atoms with Gasteiger partial charge in [-0.05, 0) is 30.3 Å². The number of hydrogen-bond donors (Lipinski definition) is 3. The Bertz CT molecular complexity index is 1120. The lowest BCUT2D eigenvalue weighted by molar-refractivity contribution is 0.323. The maximum absolute atomic E-state index is 5.63. The van der Waals surface area contributed by atoms with E-state index in [1.165, 1.54) is 0 Å². The number of rotatable bonds is 3. The fourth-order valence-corrected chi connectivity index (χ4v) is 3.33. The lowest BCUT2D eigenvalue weighted by atomic mass is 10.1. The van der Waals surface area contributed by atoms with Crippen LogP contribution in [0.2, 0.25) is 0 Å². The first-order valence-electron chi connectivity index (χ1n) is 8.41. The van der Waals surface area contributed by atoms with Crippen molar-refractivity contribution >= 4 is 39.0 Å². The van der Waals surface area contributed by atoms with E-state index in [9.17, 15) is 0 Å². The summed E-state index contributed by atoms with van der Waals surface area (Å²) in [4.78, 5) is 4.78. The molecule has 0 amide bonds. The van der Waals surface area contributed by atoms with Crippen LogP contribution in [-0.4, -0.2) is 35.4 Å². The van der Waals surface area contributed by atoms with E-state index in [2.05, 4.69) is 20.8 Å². The highest BCUT2D eigenvalue weighted by atomic mass is 16.5. The number of fused-ring (bicyclic) bond motifs is 4. The van der Waals surface area contributed by atoms with Crippen molar-refractivity contribution in [3.63, 3.8) is 0 Å².